The van der Waals surface area contributed by atoms with Crippen LogP contribution in [-0.4, -0.2) is 35.6 Å². The summed E-state index contributed by atoms with van der Waals surface area (Å²) in [5, 5.41) is 10.2. The van der Waals surface area contributed by atoms with Crippen LogP contribution in [0.3, 0.4) is 0 Å². The molecule has 1 aromatic carbocycles. The van der Waals surface area contributed by atoms with Gasteiger partial charge >= 0.3 is 0 Å². The predicted molar refractivity (Wildman–Crippen MR) is 104 cm³/mol. The number of benzene rings is 1. The fourth-order valence-electron chi connectivity index (χ4n) is 3.79. The molecule has 1 fully saturated rings. The van der Waals surface area contributed by atoms with E-state index >= 15 is 0 Å². The molecule has 2 aliphatic heterocycles. The standard InChI is InChI=1S/C19H24N4O2.ClH/c1-13-11-17(22-25-13)21-19(24)15-6-9-23(10-7-15)12-16-4-2-3-14-5-8-20-18(14)16;/h2-4,11,15,20H,5-10,12H2,1H3,(H,21,22,24);1H. The second-order valence-corrected chi connectivity index (χ2v) is 6.99. The van der Waals surface area contributed by atoms with Gasteiger partial charge in [-0.3, -0.25) is 9.69 Å². The van der Waals surface area contributed by atoms with Gasteiger partial charge in [0.05, 0.1) is 0 Å². The SMILES string of the molecule is Cc1cc(NC(=O)C2CCN(Cc3cccc4c3NCC4)CC2)no1.Cl. The molecule has 2 aliphatic rings. The molecular formula is C19H25ClN4O2. The summed E-state index contributed by atoms with van der Waals surface area (Å²) in [6.45, 7) is 5.69. The molecule has 2 aromatic rings. The molecule has 0 atom stereocenters. The molecule has 0 radical (unpaired) electrons. The number of amides is 1. The maximum Gasteiger partial charge on any atom is 0.228 e. The first-order chi connectivity index (χ1) is 12.2. The fraction of sp³-hybridized carbons (Fsp3) is 0.474. The van der Waals surface area contributed by atoms with Crippen molar-refractivity contribution in [2.45, 2.75) is 32.7 Å². The third kappa shape index (κ3) is 4.02. The van der Waals surface area contributed by atoms with Gasteiger partial charge < -0.3 is 15.2 Å². The Morgan fingerprint density at radius 3 is 2.92 bits per heavy atom. The topological polar surface area (TPSA) is 70.4 Å². The Kier molecular flexibility index (Phi) is 5.84. The molecule has 7 heteroatoms. The first-order valence-corrected chi connectivity index (χ1v) is 9.00. The highest BCUT2D eigenvalue weighted by atomic mass is 35.5. The summed E-state index contributed by atoms with van der Waals surface area (Å²) in [5.41, 5.74) is 4.12. The second kappa shape index (κ2) is 8.10. The van der Waals surface area contributed by atoms with E-state index in [4.69, 9.17) is 4.52 Å². The Morgan fingerprint density at radius 2 is 2.19 bits per heavy atom. The number of carbonyl (C=O) groups excluding carboxylic acids is 1. The van der Waals surface area contributed by atoms with Crippen LogP contribution in [0.15, 0.2) is 28.8 Å². The first kappa shape index (κ1) is 18.7. The molecule has 1 amide bonds. The van der Waals surface area contributed by atoms with E-state index in [1.807, 2.05) is 6.92 Å². The van der Waals surface area contributed by atoms with Crippen molar-refractivity contribution in [2.75, 3.05) is 30.3 Å². The van der Waals surface area contributed by atoms with Gasteiger partial charge in [-0.1, -0.05) is 23.4 Å². The van der Waals surface area contributed by atoms with Gasteiger partial charge in [-0.05, 0) is 50.4 Å². The highest BCUT2D eigenvalue weighted by Crippen LogP contribution is 2.29. The largest absolute Gasteiger partial charge is 0.384 e. The van der Waals surface area contributed by atoms with Crippen LogP contribution in [0.5, 0.6) is 0 Å². The number of halogens is 1. The zero-order valence-corrected chi connectivity index (χ0v) is 15.8. The summed E-state index contributed by atoms with van der Waals surface area (Å²) in [6, 6.07) is 8.32. The molecule has 0 aliphatic carbocycles. The molecule has 3 heterocycles. The monoisotopic (exact) mass is 376 g/mol. The third-order valence-corrected chi connectivity index (χ3v) is 5.16. The molecule has 1 saturated heterocycles. The highest BCUT2D eigenvalue weighted by molar-refractivity contribution is 5.91. The Bertz CT molecular complexity index is 769. The molecule has 6 nitrogen and oxygen atoms in total. The van der Waals surface area contributed by atoms with E-state index in [1.54, 1.807) is 6.07 Å². The number of nitrogens with zero attached hydrogens (tertiary/aromatic N) is 2. The molecule has 0 bridgehead atoms. The van der Waals surface area contributed by atoms with Crippen LogP contribution < -0.4 is 10.6 Å². The summed E-state index contributed by atoms with van der Waals surface area (Å²) in [7, 11) is 0. The van der Waals surface area contributed by atoms with Crippen molar-refractivity contribution in [3.05, 3.63) is 41.2 Å². The molecule has 140 valence electrons. The summed E-state index contributed by atoms with van der Waals surface area (Å²) in [6.07, 6.45) is 2.88. The number of piperidine rings is 1. The number of rotatable bonds is 4. The van der Waals surface area contributed by atoms with E-state index in [-0.39, 0.29) is 24.2 Å². The minimum atomic E-state index is 0. The Balaban J connectivity index is 0.00000196. The number of likely N-dealkylation sites (tertiary alicyclic amines) is 1. The van der Waals surface area contributed by atoms with E-state index in [0.717, 1.165) is 45.4 Å². The number of nitrogens with one attached hydrogen (secondary N) is 2. The van der Waals surface area contributed by atoms with E-state index in [1.165, 1.54) is 16.8 Å². The molecule has 26 heavy (non-hydrogen) atoms. The third-order valence-electron chi connectivity index (χ3n) is 5.16. The fourth-order valence-corrected chi connectivity index (χ4v) is 3.79. The number of hydrogen-bond donors (Lipinski definition) is 2. The first-order valence-electron chi connectivity index (χ1n) is 9.00. The van der Waals surface area contributed by atoms with Crippen LogP contribution in [0.25, 0.3) is 0 Å². The summed E-state index contributed by atoms with van der Waals surface area (Å²) >= 11 is 0. The van der Waals surface area contributed by atoms with Crippen LogP contribution in [-0.2, 0) is 17.8 Å². The van der Waals surface area contributed by atoms with Gasteiger partial charge in [0.15, 0.2) is 5.82 Å². The quantitative estimate of drug-likeness (QED) is 0.857. The average molecular weight is 377 g/mol. The van der Waals surface area contributed by atoms with Crippen molar-refractivity contribution < 1.29 is 9.32 Å². The molecule has 0 unspecified atom stereocenters. The van der Waals surface area contributed by atoms with Crippen LogP contribution in [0, 0.1) is 12.8 Å². The van der Waals surface area contributed by atoms with Crippen LogP contribution >= 0.6 is 12.4 Å². The van der Waals surface area contributed by atoms with Crippen molar-refractivity contribution in [2.24, 2.45) is 5.92 Å². The predicted octanol–water partition coefficient (Wildman–Crippen LogP) is 3.22. The number of para-hydroxylation sites is 1. The van der Waals surface area contributed by atoms with Crippen molar-refractivity contribution in [3.8, 4) is 0 Å². The van der Waals surface area contributed by atoms with Gasteiger partial charge in [0.2, 0.25) is 5.91 Å². The van der Waals surface area contributed by atoms with Crippen LogP contribution in [0.4, 0.5) is 11.5 Å². The summed E-state index contributed by atoms with van der Waals surface area (Å²) in [5.74, 6) is 1.31. The number of aromatic nitrogens is 1. The molecule has 0 saturated carbocycles. The van der Waals surface area contributed by atoms with E-state index < -0.39 is 0 Å². The number of hydrogen-bond acceptors (Lipinski definition) is 5. The zero-order valence-electron chi connectivity index (χ0n) is 15.0. The maximum absolute atomic E-state index is 12.4. The van der Waals surface area contributed by atoms with Gasteiger partial charge in [0.25, 0.3) is 0 Å². The lowest BCUT2D eigenvalue weighted by molar-refractivity contribution is -0.121. The normalized spacial score (nSPS) is 17.3. The highest BCUT2D eigenvalue weighted by Gasteiger charge is 2.26. The number of carbonyl (C=O) groups is 1. The molecule has 4 rings (SSSR count). The van der Waals surface area contributed by atoms with Crippen molar-refractivity contribution in [3.63, 3.8) is 0 Å². The molecule has 0 spiro atoms. The minimum Gasteiger partial charge on any atom is -0.384 e. The minimum absolute atomic E-state index is 0. The summed E-state index contributed by atoms with van der Waals surface area (Å²) in [4.78, 5) is 14.8. The average Bonchev–Trinajstić information content (AvgIpc) is 3.25. The van der Waals surface area contributed by atoms with Gasteiger partial charge in [0.1, 0.15) is 5.76 Å². The lowest BCUT2D eigenvalue weighted by Crippen LogP contribution is -2.37. The Hall–Kier alpha value is -2.05. The van der Waals surface area contributed by atoms with Gasteiger partial charge in [-0.15, -0.1) is 12.4 Å². The lowest BCUT2D eigenvalue weighted by atomic mass is 9.95. The Labute approximate surface area is 159 Å². The Morgan fingerprint density at radius 1 is 1.38 bits per heavy atom. The number of fused-ring (bicyclic) bond motifs is 1. The number of anilines is 2. The maximum atomic E-state index is 12.4. The smallest absolute Gasteiger partial charge is 0.228 e. The second-order valence-electron chi connectivity index (χ2n) is 6.99. The number of aryl methyl sites for hydroxylation is 1. The van der Waals surface area contributed by atoms with Gasteiger partial charge in [-0.2, -0.15) is 0 Å². The summed E-state index contributed by atoms with van der Waals surface area (Å²) < 4.78 is 4.99. The van der Waals surface area contributed by atoms with E-state index in [0.29, 0.717) is 11.6 Å². The van der Waals surface area contributed by atoms with Crippen LogP contribution in [0.2, 0.25) is 0 Å². The van der Waals surface area contributed by atoms with Gasteiger partial charge in [-0.25, -0.2) is 0 Å². The molecule has 1 aromatic heterocycles. The molecular weight excluding hydrogens is 352 g/mol. The van der Waals surface area contributed by atoms with Crippen molar-refractivity contribution in [1.82, 2.24) is 10.1 Å². The van der Waals surface area contributed by atoms with E-state index in [9.17, 15) is 4.79 Å². The van der Waals surface area contributed by atoms with Crippen molar-refractivity contribution >= 4 is 29.8 Å². The van der Waals surface area contributed by atoms with E-state index in [2.05, 4.69) is 38.9 Å². The molecule has 2 N–H and O–H groups in total. The van der Waals surface area contributed by atoms with Gasteiger partial charge in [0, 0.05) is 30.8 Å². The van der Waals surface area contributed by atoms with Crippen LogP contribution in [0.1, 0.15) is 29.7 Å². The van der Waals surface area contributed by atoms with Crippen molar-refractivity contribution in [1.29, 1.82) is 0 Å². The zero-order chi connectivity index (χ0) is 17.2. The lowest BCUT2D eigenvalue weighted by Gasteiger charge is -2.31.